The van der Waals surface area contributed by atoms with Crippen LogP contribution >= 0.6 is 15.9 Å². The first-order valence-electron chi connectivity index (χ1n) is 8.50. The Morgan fingerprint density at radius 3 is 2.41 bits per heavy atom. The van der Waals surface area contributed by atoms with Gasteiger partial charge in [0.2, 0.25) is 10.0 Å². The van der Waals surface area contributed by atoms with Gasteiger partial charge in [-0.1, -0.05) is 19.9 Å². The van der Waals surface area contributed by atoms with Crippen molar-refractivity contribution in [3.63, 3.8) is 0 Å². The number of nitrogens with one attached hydrogen (secondary N) is 1. The third-order valence-corrected chi connectivity index (χ3v) is 7.07. The SMILES string of the molecule is CCN(CC)S(=O)(=O)c1cc(NC(=O)c2cc(OC)ccc2Br)ccc1C. The summed E-state index contributed by atoms with van der Waals surface area (Å²) in [4.78, 5) is 12.8. The van der Waals surface area contributed by atoms with Gasteiger partial charge >= 0.3 is 0 Å². The van der Waals surface area contributed by atoms with Crippen LogP contribution in [-0.4, -0.2) is 38.8 Å². The minimum absolute atomic E-state index is 0.189. The van der Waals surface area contributed by atoms with Crippen LogP contribution in [0.3, 0.4) is 0 Å². The number of rotatable bonds is 7. The van der Waals surface area contributed by atoms with Crippen molar-refractivity contribution in [2.45, 2.75) is 25.7 Å². The van der Waals surface area contributed by atoms with E-state index in [9.17, 15) is 13.2 Å². The number of hydrogen-bond donors (Lipinski definition) is 1. The van der Waals surface area contributed by atoms with Gasteiger partial charge < -0.3 is 10.1 Å². The molecule has 6 nitrogen and oxygen atoms in total. The van der Waals surface area contributed by atoms with Crippen LogP contribution in [0.25, 0.3) is 0 Å². The van der Waals surface area contributed by atoms with Crippen molar-refractivity contribution in [1.82, 2.24) is 4.31 Å². The normalized spacial score (nSPS) is 11.5. The summed E-state index contributed by atoms with van der Waals surface area (Å²) in [5.74, 6) is 0.188. The number of halogens is 1. The van der Waals surface area contributed by atoms with Crippen LogP contribution in [0.15, 0.2) is 45.8 Å². The lowest BCUT2D eigenvalue weighted by Gasteiger charge is -2.20. The molecular formula is C19H23BrN2O4S. The molecule has 0 aromatic heterocycles. The highest BCUT2D eigenvalue weighted by Crippen LogP contribution is 2.26. The van der Waals surface area contributed by atoms with Crippen LogP contribution in [-0.2, 0) is 10.0 Å². The Hall–Kier alpha value is -1.90. The van der Waals surface area contributed by atoms with E-state index >= 15 is 0 Å². The lowest BCUT2D eigenvalue weighted by atomic mass is 10.2. The number of nitrogens with zero attached hydrogens (tertiary/aromatic N) is 1. The second kappa shape index (κ2) is 8.86. The number of hydrogen-bond acceptors (Lipinski definition) is 4. The largest absolute Gasteiger partial charge is 0.497 e. The summed E-state index contributed by atoms with van der Waals surface area (Å²) in [6.45, 7) is 6.09. The predicted octanol–water partition coefficient (Wildman–Crippen LogP) is 4.05. The quantitative estimate of drug-likeness (QED) is 0.684. The summed E-state index contributed by atoms with van der Waals surface area (Å²) in [7, 11) is -2.10. The summed E-state index contributed by atoms with van der Waals surface area (Å²) in [6, 6.07) is 9.94. The fraction of sp³-hybridized carbons (Fsp3) is 0.316. The van der Waals surface area contributed by atoms with Crippen molar-refractivity contribution in [2.75, 3.05) is 25.5 Å². The Morgan fingerprint density at radius 1 is 1.15 bits per heavy atom. The summed E-state index contributed by atoms with van der Waals surface area (Å²) >= 11 is 3.35. The molecule has 0 radical (unpaired) electrons. The zero-order valence-corrected chi connectivity index (χ0v) is 18.1. The van der Waals surface area contributed by atoms with Gasteiger partial charge in [-0.2, -0.15) is 4.31 Å². The third kappa shape index (κ3) is 4.69. The lowest BCUT2D eigenvalue weighted by Crippen LogP contribution is -2.31. The van der Waals surface area contributed by atoms with Crippen LogP contribution in [0.2, 0.25) is 0 Å². The van der Waals surface area contributed by atoms with Crippen LogP contribution in [0.5, 0.6) is 5.75 Å². The Labute approximate surface area is 168 Å². The monoisotopic (exact) mass is 454 g/mol. The Bertz CT molecular complexity index is 941. The van der Waals surface area contributed by atoms with E-state index in [4.69, 9.17) is 4.74 Å². The number of ether oxygens (including phenoxy) is 1. The molecule has 0 heterocycles. The maximum absolute atomic E-state index is 12.9. The maximum atomic E-state index is 12.9. The number of methoxy groups -OCH3 is 1. The van der Waals surface area contributed by atoms with E-state index in [-0.39, 0.29) is 10.8 Å². The molecule has 0 aliphatic carbocycles. The molecule has 2 rings (SSSR count). The highest BCUT2D eigenvalue weighted by atomic mass is 79.9. The van der Waals surface area contributed by atoms with E-state index in [0.29, 0.717) is 40.1 Å². The van der Waals surface area contributed by atoms with Gasteiger partial charge in [-0.25, -0.2) is 8.42 Å². The molecule has 146 valence electrons. The molecule has 27 heavy (non-hydrogen) atoms. The summed E-state index contributed by atoms with van der Waals surface area (Å²) < 4.78 is 32.9. The molecule has 0 saturated carbocycles. The topological polar surface area (TPSA) is 75.7 Å². The Kier molecular flexibility index (Phi) is 7.02. The smallest absolute Gasteiger partial charge is 0.256 e. The maximum Gasteiger partial charge on any atom is 0.256 e. The van der Waals surface area contributed by atoms with Crippen molar-refractivity contribution in [2.24, 2.45) is 0 Å². The molecular weight excluding hydrogens is 432 g/mol. The number of anilines is 1. The molecule has 0 atom stereocenters. The number of sulfonamides is 1. The van der Waals surface area contributed by atoms with Crippen molar-refractivity contribution in [3.05, 3.63) is 52.0 Å². The summed E-state index contributed by atoms with van der Waals surface area (Å²) in [5.41, 5.74) is 1.43. The highest BCUT2D eigenvalue weighted by Gasteiger charge is 2.24. The molecule has 0 bridgehead atoms. The van der Waals surface area contributed by atoms with Crippen LogP contribution < -0.4 is 10.1 Å². The molecule has 0 saturated heterocycles. The van der Waals surface area contributed by atoms with Gasteiger partial charge in [0.05, 0.1) is 17.6 Å². The second-order valence-electron chi connectivity index (χ2n) is 5.87. The first kappa shape index (κ1) is 21.4. The van der Waals surface area contributed by atoms with Gasteiger partial charge in [-0.3, -0.25) is 4.79 Å². The average Bonchev–Trinajstić information content (AvgIpc) is 2.64. The summed E-state index contributed by atoms with van der Waals surface area (Å²) in [6.07, 6.45) is 0. The van der Waals surface area contributed by atoms with Gasteiger partial charge in [-0.05, 0) is 58.7 Å². The van der Waals surface area contributed by atoms with Gasteiger partial charge in [0, 0.05) is 23.2 Å². The molecule has 2 aromatic carbocycles. The third-order valence-electron chi connectivity index (χ3n) is 4.19. The zero-order chi connectivity index (χ0) is 20.2. The molecule has 0 spiro atoms. The van der Waals surface area contributed by atoms with Crippen molar-refractivity contribution < 1.29 is 17.9 Å². The number of aryl methyl sites for hydroxylation is 1. The van der Waals surface area contributed by atoms with Gasteiger partial charge in [0.1, 0.15) is 5.75 Å². The van der Waals surface area contributed by atoms with Crippen LogP contribution in [0.4, 0.5) is 5.69 Å². The number of carbonyl (C=O) groups excluding carboxylic acids is 1. The predicted molar refractivity (Wildman–Crippen MR) is 110 cm³/mol. The molecule has 0 fully saturated rings. The number of amides is 1. The highest BCUT2D eigenvalue weighted by molar-refractivity contribution is 9.10. The van der Waals surface area contributed by atoms with Gasteiger partial charge in [-0.15, -0.1) is 0 Å². The molecule has 1 amide bonds. The Morgan fingerprint density at radius 2 is 1.81 bits per heavy atom. The molecule has 1 N–H and O–H groups in total. The fourth-order valence-electron chi connectivity index (χ4n) is 2.66. The standard InChI is InChI=1S/C19H23BrN2O4S/c1-5-22(6-2)27(24,25)18-11-14(8-7-13(18)3)21-19(23)16-12-15(26-4)9-10-17(16)20/h7-12H,5-6H2,1-4H3,(H,21,23). The summed E-state index contributed by atoms with van der Waals surface area (Å²) in [5, 5.41) is 2.76. The minimum Gasteiger partial charge on any atom is -0.497 e. The van der Waals surface area contributed by atoms with E-state index in [1.807, 2.05) is 0 Å². The van der Waals surface area contributed by atoms with E-state index in [1.165, 1.54) is 17.5 Å². The molecule has 0 aliphatic heterocycles. The Balaban J connectivity index is 2.38. The van der Waals surface area contributed by atoms with Gasteiger partial charge in [0.25, 0.3) is 5.91 Å². The van der Waals surface area contributed by atoms with E-state index < -0.39 is 10.0 Å². The fourth-order valence-corrected chi connectivity index (χ4v) is 4.80. The van der Waals surface area contributed by atoms with E-state index in [2.05, 4.69) is 21.2 Å². The first-order chi connectivity index (χ1) is 12.7. The van der Waals surface area contributed by atoms with Crippen molar-refractivity contribution >= 4 is 37.5 Å². The van der Waals surface area contributed by atoms with Crippen molar-refractivity contribution in [3.8, 4) is 5.75 Å². The van der Waals surface area contributed by atoms with E-state index in [0.717, 1.165) is 0 Å². The van der Waals surface area contributed by atoms with Crippen LogP contribution in [0, 0.1) is 6.92 Å². The minimum atomic E-state index is -3.62. The number of carbonyl (C=O) groups is 1. The molecule has 2 aromatic rings. The average molecular weight is 455 g/mol. The van der Waals surface area contributed by atoms with Gasteiger partial charge in [0.15, 0.2) is 0 Å². The molecule has 8 heteroatoms. The van der Waals surface area contributed by atoms with Crippen LogP contribution in [0.1, 0.15) is 29.8 Å². The second-order valence-corrected chi connectivity index (χ2v) is 8.63. The number of benzene rings is 2. The first-order valence-corrected chi connectivity index (χ1v) is 10.7. The molecule has 0 aliphatic rings. The molecule has 0 unspecified atom stereocenters. The van der Waals surface area contributed by atoms with E-state index in [1.54, 1.807) is 51.1 Å². The zero-order valence-electron chi connectivity index (χ0n) is 15.7. The van der Waals surface area contributed by atoms with Crippen molar-refractivity contribution in [1.29, 1.82) is 0 Å². The lowest BCUT2D eigenvalue weighted by molar-refractivity contribution is 0.102.